The molecular weight excluding hydrogens is 298 g/mol. The Kier molecular flexibility index (Phi) is 3.27. The second-order valence-corrected chi connectivity index (χ2v) is 4.11. The van der Waals surface area contributed by atoms with Crippen LogP contribution in [0.1, 0.15) is 5.56 Å². The van der Waals surface area contributed by atoms with Gasteiger partial charge in [0.25, 0.3) is 0 Å². The third-order valence-electron chi connectivity index (χ3n) is 2.81. The van der Waals surface area contributed by atoms with Gasteiger partial charge in [0.05, 0.1) is 23.7 Å². The molecule has 2 heterocycles. The maximum atomic E-state index is 12.1. The number of nitrogens with zero attached hydrogens (tertiary/aromatic N) is 3. The van der Waals surface area contributed by atoms with Crippen molar-refractivity contribution in [1.82, 2.24) is 15.0 Å². The molecule has 0 bridgehead atoms. The molecular formula is C13H6F2N4O3. The molecule has 0 aliphatic carbocycles. The molecule has 0 radical (unpaired) electrons. The van der Waals surface area contributed by atoms with E-state index in [0.29, 0.717) is 5.56 Å². The lowest BCUT2D eigenvalue weighted by Gasteiger charge is -2.04. The lowest BCUT2D eigenvalue weighted by molar-refractivity contribution is -0.0530. The minimum absolute atomic E-state index is 0.140. The first kappa shape index (κ1) is 13.7. The summed E-state index contributed by atoms with van der Waals surface area (Å²) in [5, 5.41) is 9.00. The topological polar surface area (TPSA) is 105 Å². The van der Waals surface area contributed by atoms with Crippen LogP contribution in [0.4, 0.5) is 8.78 Å². The number of nitrogens with one attached hydrogen (secondary N) is 1. The van der Waals surface area contributed by atoms with E-state index in [0.717, 1.165) is 6.20 Å². The zero-order valence-electron chi connectivity index (χ0n) is 10.7. The van der Waals surface area contributed by atoms with Crippen LogP contribution in [0.25, 0.3) is 22.4 Å². The van der Waals surface area contributed by atoms with E-state index in [1.807, 2.05) is 6.07 Å². The molecule has 0 fully saturated rings. The van der Waals surface area contributed by atoms with E-state index in [-0.39, 0.29) is 28.2 Å². The number of H-pyrrole nitrogens is 1. The van der Waals surface area contributed by atoms with Crippen molar-refractivity contribution in [2.24, 2.45) is 0 Å². The maximum absolute atomic E-state index is 12.1. The van der Waals surface area contributed by atoms with Gasteiger partial charge in [0.2, 0.25) is 5.88 Å². The second kappa shape index (κ2) is 5.25. The third-order valence-corrected chi connectivity index (χ3v) is 2.81. The van der Waals surface area contributed by atoms with E-state index < -0.39 is 12.4 Å². The number of alkyl halides is 2. The summed E-state index contributed by atoms with van der Waals surface area (Å²) in [5.74, 6) is -1.05. The van der Waals surface area contributed by atoms with Crippen molar-refractivity contribution >= 4 is 11.1 Å². The first-order valence-corrected chi connectivity index (χ1v) is 5.91. The maximum Gasteiger partial charge on any atom is 0.417 e. The number of oxazole rings is 1. The molecule has 0 aliphatic heterocycles. The van der Waals surface area contributed by atoms with Gasteiger partial charge in [-0.1, -0.05) is 0 Å². The average molecular weight is 304 g/mol. The largest absolute Gasteiger partial charge is 0.417 e. The summed E-state index contributed by atoms with van der Waals surface area (Å²) in [7, 11) is 0. The van der Waals surface area contributed by atoms with Crippen LogP contribution in [-0.4, -0.2) is 21.6 Å². The van der Waals surface area contributed by atoms with E-state index in [9.17, 15) is 13.6 Å². The zero-order valence-corrected chi connectivity index (χ0v) is 10.7. The molecule has 0 spiro atoms. The Labute approximate surface area is 120 Å². The minimum atomic E-state index is -3.00. The Balaban J connectivity index is 2.11. The molecule has 1 aromatic carbocycles. The quantitative estimate of drug-likeness (QED) is 0.794. The van der Waals surface area contributed by atoms with Gasteiger partial charge in [0.15, 0.2) is 5.58 Å². The predicted molar refractivity (Wildman–Crippen MR) is 69.2 cm³/mol. The molecule has 0 amide bonds. The summed E-state index contributed by atoms with van der Waals surface area (Å²) in [6, 6.07) is 4.93. The van der Waals surface area contributed by atoms with Gasteiger partial charge in [-0.25, -0.2) is 14.8 Å². The number of hydrogen-bond acceptors (Lipinski definition) is 6. The number of ether oxygens (including phenoxy) is 1. The van der Waals surface area contributed by atoms with Gasteiger partial charge < -0.3 is 9.15 Å². The van der Waals surface area contributed by atoms with E-state index >= 15 is 0 Å². The number of benzene rings is 1. The first-order chi connectivity index (χ1) is 10.6. The Morgan fingerprint density at radius 2 is 2.14 bits per heavy atom. The highest BCUT2D eigenvalue weighted by Crippen LogP contribution is 2.28. The molecule has 0 aliphatic rings. The predicted octanol–water partition coefficient (Wildman–Crippen LogP) is 2.05. The molecule has 0 saturated heterocycles. The van der Waals surface area contributed by atoms with Crippen molar-refractivity contribution in [2.75, 3.05) is 0 Å². The fraction of sp³-hybridized carbons (Fsp3) is 0.0769. The monoisotopic (exact) mass is 304 g/mol. The number of aromatic nitrogens is 3. The van der Waals surface area contributed by atoms with Crippen molar-refractivity contribution in [2.45, 2.75) is 6.61 Å². The first-order valence-electron chi connectivity index (χ1n) is 5.91. The van der Waals surface area contributed by atoms with Crippen LogP contribution in [-0.2, 0) is 0 Å². The smallest absolute Gasteiger partial charge is 0.415 e. The van der Waals surface area contributed by atoms with Crippen LogP contribution < -0.4 is 10.5 Å². The number of hydrogen-bond donors (Lipinski definition) is 1. The van der Waals surface area contributed by atoms with Crippen molar-refractivity contribution in [1.29, 1.82) is 5.26 Å². The van der Waals surface area contributed by atoms with Crippen molar-refractivity contribution in [3.8, 4) is 23.2 Å². The summed E-state index contributed by atoms with van der Waals surface area (Å²) >= 11 is 0. The van der Waals surface area contributed by atoms with Gasteiger partial charge >= 0.3 is 12.4 Å². The Bertz CT molecular complexity index is 925. The normalized spacial score (nSPS) is 10.8. The summed E-state index contributed by atoms with van der Waals surface area (Å²) < 4.78 is 33.2. The van der Waals surface area contributed by atoms with Gasteiger partial charge in [-0.3, -0.25) is 4.98 Å². The minimum Gasteiger partial charge on any atom is -0.415 e. The van der Waals surface area contributed by atoms with Crippen LogP contribution in [0, 0.1) is 11.3 Å². The summed E-state index contributed by atoms with van der Waals surface area (Å²) in [4.78, 5) is 21.4. The van der Waals surface area contributed by atoms with Crippen LogP contribution in [0.15, 0.2) is 33.7 Å². The average Bonchev–Trinajstić information content (AvgIpc) is 2.88. The molecule has 2 aromatic heterocycles. The van der Waals surface area contributed by atoms with Crippen LogP contribution in [0.3, 0.4) is 0 Å². The highest BCUT2D eigenvalue weighted by atomic mass is 19.3. The Morgan fingerprint density at radius 1 is 1.32 bits per heavy atom. The lowest BCUT2D eigenvalue weighted by atomic mass is 10.1. The molecule has 0 atom stereocenters. The molecule has 3 rings (SSSR count). The lowest BCUT2D eigenvalue weighted by Crippen LogP contribution is -2.04. The summed E-state index contributed by atoms with van der Waals surface area (Å²) in [6.45, 7) is -3.00. The summed E-state index contributed by atoms with van der Waals surface area (Å²) in [5.41, 5.74) is 1.28. The fourth-order valence-electron chi connectivity index (χ4n) is 1.94. The number of aromatic amines is 1. The van der Waals surface area contributed by atoms with Crippen LogP contribution in [0.2, 0.25) is 0 Å². The molecule has 3 aromatic rings. The van der Waals surface area contributed by atoms with E-state index in [2.05, 4.69) is 19.7 Å². The fourth-order valence-corrected chi connectivity index (χ4v) is 1.94. The highest BCUT2D eigenvalue weighted by Gasteiger charge is 2.15. The molecule has 9 heteroatoms. The van der Waals surface area contributed by atoms with Crippen LogP contribution >= 0.6 is 0 Å². The van der Waals surface area contributed by atoms with Crippen molar-refractivity contribution in [3.05, 3.63) is 40.6 Å². The summed E-state index contributed by atoms with van der Waals surface area (Å²) in [6.07, 6.45) is 2.22. The zero-order chi connectivity index (χ0) is 15.7. The van der Waals surface area contributed by atoms with Crippen molar-refractivity contribution in [3.63, 3.8) is 0 Å². The van der Waals surface area contributed by atoms with Gasteiger partial charge in [-0.05, 0) is 12.1 Å². The second-order valence-electron chi connectivity index (χ2n) is 4.11. The number of rotatable bonds is 3. The molecule has 110 valence electrons. The third kappa shape index (κ3) is 2.37. The van der Waals surface area contributed by atoms with Crippen molar-refractivity contribution < 1.29 is 17.9 Å². The van der Waals surface area contributed by atoms with Gasteiger partial charge in [-0.15, -0.1) is 0 Å². The standard InChI is InChI=1S/C13H6F2N4O3/c14-12(15)21-9-5-17-8(4-18-9)7-2-1-6(3-16)10-11(7)22-13(20)19-10/h1-2,4-5,12H,(H,19,20). The SMILES string of the molecule is N#Cc1ccc(-c2cnc(OC(F)F)cn2)c2oc(=O)[nH]c12. The van der Waals surface area contributed by atoms with Gasteiger partial charge in [0.1, 0.15) is 11.6 Å². The van der Waals surface area contributed by atoms with Gasteiger partial charge in [0, 0.05) is 5.56 Å². The number of nitriles is 1. The van der Waals surface area contributed by atoms with E-state index in [4.69, 9.17) is 9.68 Å². The molecule has 0 saturated carbocycles. The highest BCUT2D eigenvalue weighted by molar-refractivity contribution is 5.92. The Hall–Kier alpha value is -3.28. The van der Waals surface area contributed by atoms with E-state index in [1.54, 1.807) is 0 Å². The van der Waals surface area contributed by atoms with Gasteiger partial charge in [-0.2, -0.15) is 14.0 Å². The number of fused-ring (bicyclic) bond motifs is 1. The molecule has 22 heavy (non-hydrogen) atoms. The number of halogens is 2. The molecule has 7 nitrogen and oxygen atoms in total. The van der Waals surface area contributed by atoms with Crippen LogP contribution in [0.5, 0.6) is 5.88 Å². The molecule has 0 unspecified atom stereocenters. The van der Waals surface area contributed by atoms with E-state index in [1.165, 1.54) is 18.3 Å². The Morgan fingerprint density at radius 3 is 2.77 bits per heavy atom. The molecule has 1 N–H and O–H groups in total.